The highest BCUT2D eigenvalue weighted by Crippen LogP contribution is 2.31. The summed E-state index contributed by atoms with van der Waals surface area (Å²) < 4.78 is 3.21. The highest BCUT2D eigenvalue weighted by molar-refractivity contribution is 5.99. The van der Waals surface area contributed by atoms with Gasteiger partial charge in [-0.15, -0.1) is 0 Å². The van der Waals surface area contributed by atoms with Gasteiger partial charge in [0.15, 0.2) is 11.4 Å². The Morgan fingerprint density at radius 2 is 2.09 bits per heavy atom. The topological polar surface area (TPSA) is 82.6 Å². The van der Waals surface area contributed by atoms with Crippen LogP contribution in [-0.2, 0) is 4.84 Å². The number of nitrogens with zero attached hydrogens (tertiary/aromatic N) is 4. The maximum absolute atomic E-state index is 13.2. The van der Waals surface area contributed by atoms with Gasteiger partial charge in [0.05, 0.1) is 17.2 Å². The molecule has 0 aliphatic carbocycles. The van der Waals surface area contributed by atoms with Crippen LogP contribution in [0.2, 0.25) is 0 Å². The van der Waals surface area contributed by atoms with Crippen LogP contribution < -0.4 is 10.2 Å². The van der Waals surface area contributed by atoms with Gasteiger partial charge in [-0.2, -0.15) is 15.2 Å². The predicted octanol–water partition coefficient (Wildman–Crippen LogP) is 4.92. The van der Waals surface area contributed by atoms with Gasteiger partial charge in [0.1, 0.15) is 7.11 Å². The number of carbonyl (C=O) groups excluding carboxylic acids is 1. The van der Waals surface area contributed by atoms with Crippen LogP contribution in [0, 0.1) is 0 Å². The van der Waals surface area contributed by atoms with Gasteiger partial charge in [0, 0.05) is 38.7 Å². The normalized spacial score (nSPS) is 13.2. The van der Waals surface area contributed by atoms with Crippen molar-refractivity contribution in [2.75, 3.05) is 38.0 Å². The number of hydrogen-bond donors (Lipinski definition) is 2. The number of hydrogen-bond acceptors (Lipinski definition) is 5. The maximum Gasteiger partial charge on any atom is 0.535 e. The van der Waals surface area contributed by atoms with Crippen LogP contribution in [0.5, 0.6) is 0 Å². The van der Waals surface area contributed by atoms with E-state index in [4.69, 9.17) is 9.94 Å². The Labute approximate surface area is 196 Å². The molecular formula is C25H38N5O3+. The van der Waals surface area contributed by atoms with Crippen molar-refractivity contribution < 1.29 is 19.5 Å². The Hall–Kier alpha value is -3.13. The molecule has 2 aromatic rings. The van der Waals surface area contributed by atoms with E-state index in [1.807, 2.05) is 55.0 Å². The molecule has 0 fully saturated rings. The summed E-state index contributed by atoms with van der Waals surface area (Å²) in [5, 5.41) is 18.1. The summed E-state index contributed by atoms with van der Waals surface area (Å²) in [6.07, 6.45) is 11.4. The van der Waals surface area contributed by atoms with Gasteiger partial charge in [-0.1, -0.05) is 39.0 Å². The first-order valence-corrected chi connectivity index (χ1v) is 11.5. The lowest BCUT2D eigenvalue weighted by atomic mass is 10.1. The van der Waals surface area contributed by atoms with E-state index in [0.29, 0.717) is 18.5 Å². The molecule has 0 aliphatic heterocycles. The van der Waals surface area contributed by atoms with Crippen molar-refractivity contribution >= 4 is 34.0 Å². The maximum atomic E-state index is 13.2. The molecule has 2 rings (SSSR count). The van der Waals surface area contributed by atoms with Crippen molar-refractivity contribution in [1.82, 2.24) is 9.78 Å². The van der Waals surface area contributed by atoms with E-state index >= 15 is 0 Å². The van der Waals surface area contributed by atoms with Gasteiger partial charge in [-0.3, -0.25) is 4.68 Å². The second-order valence-electron chi connectivity index (χ2n) is 8.13. The molecule has 0 radical (unpaired) electrons. The number of benzene rings is 1. The molecule has 1 aromatic carbocycles. The molecule has 33 heavy (non-hydrogen) atoms. The van der Waals surface area contributed by atoms with Crippen LogP contribution >= 0.6 is 0 Å². The molecule has 1 atom stereocenters. The first kappa shape index (κ1) is 26.1. The number of carbonyl (C=O) groups is 1. The average molecular weight is 457 g/mol. The first-order chi connectivity index (χ1) is 15.9. The van der Waals surface area contributed by atoms with Crippen LogP contribution in [0.15, 0.2) is 43.1 Å². The van der Waals surface area contributed by atoms with Gasteiger partial charge >= 0.3 is 6.03 Å². The Balaban J connectivity index is 2.49. The Morgan fingerprint density at radius 1 is 1.33 bits per heavy atom. The molecule has 1 aromatic heterocycles. The van der Waals surface area contributed by atoms with Crippen LogP contribution in [0.4, 0.5) is 16.2 Å². The molecule has 0 spiro atoms. The first-order valence-electron chi connectivity index (χ1n) is 11.5. The van der Waals surface area contributed by atoms with E-state index in [0.717, 1.165) is 41.6 Å². The van der Waals surface area contributed by atoms with E-state index in [2.05, 4.69) is 18.8 Å². The van der Waals surface area contributed by atoms with Crippen molar-refractivity contribution in [3.05, 3.63) is 43.1 Å². The van der Waals surface area contributed by atoms with Crippen molar-refractivity contribution in [3.8, 4) is 0 Å². The summed E-state index contributed by atoms with van der Waals surface area (Å²) in [4.78, 5) is 20.5. The molecular weight excluding hydrogens is 418 g/mol. The monoisotopic (exact) mass is 456 g/mol. The molecule has 0 aliphatic rings. The zero-order valence-electron chi connectivity index (χ0n) is 20.5. The lowest BCUT2D eigenvalue weighted by molar-refractivity contribution is -0.704. The van der Waals surface area contributed by atoms with Crippen molar-refractivity contribution in [3.63, 3.8) is 0 Å². The number of fused-ring (bicyclic) bond motifs is 1. The number of rotatable bonds is 12. The van der Waals surface area contributed by atoms with Gasteiger partial charge in [0.25, 0.3) is 0 Å². The number of anilines is 2. The summed E-state index contributed by atoms with van der Waals surface area (Å²) in [5.41, 5.74) is 3.08. The van der Waals surface area contributed by atoms with E-state index in [-0.39, 0.29) is 18.7 Å². The fourth-order valence-corrected chi connectivity index (χ4v) is 3.81. The largest absolute Gasteiger partial charge is 0.535 e. The Morgan fingerprint density at radius 3 is 2.67 bits per heavy atom. The fourth-order valence-electron chi connectivity index (χ4n) is 3.81. The van der Waals surface area contributed by atoms with Crippen molar-refractivity contribution in [2.45, 2.75) is 52.0 Å². The van der Waals surface area contributed by atoms with E-state index in [1.54, 1.807) is 12.2 Å². The number of aromatic nitrogens is 2. The minimum atomic E-state index is -0.381. The summed E-state index contributed by atoms with van der Waals surface area (Å²) in [5.74, 6) is 0. The third-order valence-electron chi connectivity index (χ3n) is 5.38. The standard InChI is InChI=1S/C25H37N5O3/c1-7-10-13-21(12-9-3)30(33-6)25(32)26-23-16-19-18-29(20(11-8-2)14-15-31)27-22(19)17-24(23)28(4)5/h7,10,13,16-18,20,31H,1,8-9,11-12,14-15H2,2-6H3/p+1/b13-10-,30-21+/t20-/m1/s1. The minimum Gasteiger partial charge on any atom is -0.396 e. The van der Waals surface area contributed by atoms with E-state index in [1.165, 1.54) is 11.8 Å². The number of aliphatic hydroxyl groups is 1. The highest BCUT2D eigenvalue weighted by Gasteiger charge is 2.25. The molecule has 0 unspecified atom stereocenters. The Bertz CT molecular complexity index is 1000. The molecule has 0 saturated carbocycles. The fraction of sp³-hybridized carbons (Fsp3) is 0.480. The summed E-state index contributed by atoms with van der Waals surface area (Å²) in [7, 11) is 5.33. The third kappa shape index (κ3) is 6.68. The van der Waals surface area contributed by atoms with Gasteiger partial charge in [-0.05, 0) is 42.2 Å². The van der Waals surface area contributed by atoms with Crippen LogP contribution in [0.3, 0.4) is 0 Å². The summed E-state index contributed by atoms with van der Waals surface area (Å²) in [6.45, 7) is 7.99. The zero-order valence-corrected chi connectivity index (χ0v) is 20.5. The average Bonchev–Trinajstić information content (AvgIpc) is 3.20. The molecule has 180 valence electrons. The van der Waals surface area contributed by atoms with Crippen molar-refractivity contribution in [1.29, 1.82) is 0 Å². The van der Waals surface area contributed by atoms with Crippen LogP contribution in [0.1, 0.15) is 52.0 Å². The van der Waals surface area contributed by atoms with E-state index < -0.39 is 0 Å². The SMILES string of the molecule is C=C/C=C\C(CCC)=[N+](\OC)C(=O)Nc1cc2cn([C@H](CCC)CCO)nc2cc1N(C)C. The second-order valence-corrected chi connectivity index (χ2v) is 8.13. The molecule has 0 bridgehead atoms. The van der Waals surface area contributed by atoms with Gasteiger partial charge in [0.2, 0.25) is 0 Å². The number of amides is 2. The molecule has 2 N–H and O–H groups in total. The molecule has 2 amide bonds. The number of nitrogens with one attached hydrogen (secondary N) is 1. The smallest absolute Gasteiger partial charge is 0.396 e. The molecule has 0 saturated heterocycles. The van der Waals surface area contributed by atoms with E-state index in [9.17, 15) is 9.90 Å². The number of urea groups is 1. The van der Waals surface area contributed by atoms with Crippen molar-refractivity contribution in [2.24, 2.45) is 0 Å². The highest BCUT2D eigenvalue weighted by atomic mass is 16.7. The zero-order chi connectivity index (χ0) is 24.4. The van der Waals surface area contributed by atoms with Crippen LogP contribution in [0.25, 0.3) is 10.9 Å². The minimum absolute atomic E-state index is 0.120. The quantitative estimate of drug-likeness (QED) is 0.205. The summed E-state index contributed by atoms with van der Waals surface area (Å²) >= 11 is 0. The lowest BCUT2D eigenvalue weighted by Crippen LogP contribution is -2.31. The number of allylic oxidation sites excluding steroid dienone is 3. The van der Waals surface area contributed by atoms with Gasteiger partial charge in [-0.25, -0.2) is 0 Å². The van der Waals surface area contributed by atoms with Gasteiger partial charge < -0.3 is 14.8 Å². The second kappa shape index (κ2) is 12.8. The lowest BCUT2D eigenvalue weighted by Gasteiger charge is -2.15. The molecule has 8 heteroatoms. The Kier molecular flexibility index (Phi) is 10.1. The predicted molar refractivity (Wildman–Crippen MR) is 135 cm³/mol. The number of hydroxylamine groups is 1. The summed E-state index contributed by atoms with van der Waals surface area (Å²) in [6, 6.07) is 3.66. The third-order valence-corrected chi connectivity index (χ3v) is 5.38. The van der Waals surface area contributed by atoms with Crippen LogP contribution in [-0.4, -0.2) is 59.2 Å². The molecule has 1 heterocycles. The molecule has 8 nitrogen and oxygen atoms in total. The number of aliphatic hydroxyl groups excluding tert-OH is 1.